The number of carbonyl (C=O) groups excluding carboxylic acids is 1. The molecule has 1 unspecified atom stereocenters. The van der Waals surface area contributed by atoms with E-state index in [1.165, 1.54) is 0 Å². The first-order valence-electron chi connectivity index (χ1n) is 6.00. The van der Waals surface area contributed by atoms with E-state index < -0.39 is 5.38 Å². The van der Waals surface area contributed by atoms with Crippen LogP contribution in [0.4, 0.5) is 0 Å². The Morgan fingerprint density at radius 1 is 1.11 bits per heavy atom. The molecule has 0 fully saturated rings. The van der Waals surface area contributed by atoms with E-state index in [0.29, 0.717) is 5.56 Å². The monoisotopic (exact) mass is 336 g/mol. The van der Waals surface area contributed by atoms with E-state index in [-0.39, 0.29) is 5.78 Å². The number of carbonyl (C=O) groups is 1. The fourth-order valence-corrected chi connectivity index (χ4v) is 3.14. The molecule has 2 aromatic rings. The molecule has 0 spiro atoms. The Balaban J connectivity index is 2.40. The van der Waals surface area contributed by atoms with Crippen LogP contribution in [0.25, 0.3) is 0 Å². The minimum absolute atomic E-state index is 0.0460. The van der Waals surface area contributed by atoms with Crippen molar-refractivity contribution in [2.45, 2.75) is 19.2 Å². The highest BCUT2D eigenvalue weighted by Gasteiger charge is 2.22. The molecule has 3 heteroatoms. The van der Waals surface area contributed by atoms with Gasteiger partial charge in [0, 0.05) is 10.0 Å². The quantitative estimate of drug-likeness (QED) is 0.554. The lowest BCUT2D eigenvalue weighted by molar-refractivity contribution is 0.0986. The van der Waals surface area contributed by atoms with Gasteiger partial charge in [-0.1, -0.05) is 46.3 Å². The van der Waals surface area contributed by atoms with Gasteiger partial charge in [-0.2, -0.15) is 0 Å². The highest BCUT2D eigenvalue weighted by molar-refractivity contribution is 9.10. The third-order valence-corrected chi connectivity index (χ3v) is 3.97. The van der Waals surface area contributed by atoms with Gasteiger partial charge < -0.3 is 0 Å². The third kappa shape index (κ3) is 3.07. The number of halogens is 2. The molecule has 19 heavy (non-hydrogen) atoms. The van der Waals surface area contributed by atoms with E-state index in [0.717, 1.165) is 21.2 Å². The molecule has 0 saturated heterocycles. The predicted molar refractivity (Wildman–Crippen MR) is 83.0 cm³/mol. The van der Waals surface area contributed by atoms with E-state index in [1.807, 2.05) is 56.3 Å². The number of hydrogen-bond acceptors (Lipinski definition) is 1. The molecule has 0 heterocycles. The fourth-order valence-electron chi connectivity index (χ4n) is 2.20. The third-order valence-electron chi connectivity index (χ3n) is 3.07. The van der Waals surface area contributed by atoms with Crippen molar-refractivity contribution in [1.82, 2.24) is 0 Å². The lowest BCUT2D eigenvalue weighted by atomic mass is 9.95. The Labute approximate surface area is 126 Å². The second-order valence-electron chi connectivity index (χ2n) is 4.55. The summed E-state index contributed by atoms with van der Waals surface area (Å²) in [5.74, 6) is -0.0460. The Morgan fingerprint density at radius 3 is 2.16 bits per heavy atom. The van der Waals surface area contributed by atoms with E-state index in [2.05, 4.69) is 15.9 Å². The predicted octanol–water partition coefficient (Wildman–Crippen LogP) is 5.23. The maximum atomic E-state index is 12.6. The first kappa shape index (κ1) is 14.3. The number of hydrogen-bond donors (Lipinski definition) is 0. The molecule has 1 atom stereocenters. The molecular formula is C16H14BrClO. The van der Waals surface area contributed by atoms with Gasteiger partial charge in [-0.05, 0) is 42.7 Å². The zero-order valence-electron chi connectivity index (χ0n) is 10.8. The number of Topliss-reactive ketones (excluding diaryl/α,β-unsaturated/α-hetero) is 1. The van der Waals surface area contributed by atoms with Gasteiger partial charge in [0.25, 0.3) is 0 Å². The number of alkyl halides is 1. The molecule has 2 aromatic carbocycles. The topological polar surface area (TPSA) is 17.1 Å². The summed E-state index contributed by atoms with van der Waals surface area (Å²) in [6.07, 6.45) is 0. The molecule has 0 aliphatic heterocycles. The first-order chi connectivity index (χ1) is 9.00. The largest absolute Gasteiger partial charge is 0.292 e. The Morgan fingerprint density at radius 2 is 1.63 bits per heavy atom. The van der Waals surface area contributed by atoms with Crippen LogP contribution in [0.2, 0.25) is 0 Å². The molecule has 0 aliphatic carbocycles. The molecule has 0 radical (unpaired) electrons. The molecule has 1 nitrogen and oxygen atoms in total. The van der Waals surface area contributed by atoms with Crippen LogP contribution >= 0.6 is 27.5 Å². The van der Waals surface area contributed by atoms with E-state index in [9.17, 15) is 4.79 Å². The zero-order valence-corrected chi connectivity index (χ0v) is 13.1. The number of benzene rings is 2. The Hall–Kier alpha value is -1.12. The summed E-state index contributed by atoms with van der Waals surface area (Å²) < 4.78 is 0.977. The van der Waals surface area contributed by atoms with E-state index in [4.69, 9.17) is 11.6 Å². The molecule has 0 aliphatic rings. The Bertz CT molecular complexity index is 584. The van der Waals surface area contributed by atoms with Gasteiger partial charge in [-0.25, -0.2) is 0 Å². The molecule has 98 valence electrons. The van der Waals surface area contributed by atoms with Crippen molar-refractivity contribution in [3.63, 3.8) is 0 Å². The standard InChI is InChI=1S/C16H14BrClO/c1-10-8-13(17)9-11(2)14(10)16(19)15(18)12-6-4-3-5-7-12/h3-9,15H,1-2H3. The summed E-state index contributed by atoms with van der Waals surface area (Å²) in [5.41, 5.74) is 3.43. The van der Waals surface area contributed by atoms with E-state index in [1.54, 1.807) is 0 Å². The van der Waals surface area contributed by atoms with Crippen LogP contribution in [0.15, 0.2) is 46.9 Å². The number of aryl methyl sites for hydroxylation is 2. The summed E-state index contributed by atoms with van der Waals surface area (Å²) in [7, 11) is 0. The van der Waals surface area contributed by atoms with Gasteiger partial charge in [-0.15, -0.1) is 11.6 Å². The second-order valence-corrected chi connectivity index (χ2v) is 5.90. The molecule has 2 rings (SSSR count). The molecule has 0 bridgehead atoms. The number of rotatable bonds is 3. The molecule has 0 aromatic heterocycles. The van der Waals surface area contributed by atoms with Gasteiger partial charge in [0.2, 0.25) is 0 Å². The van der Waals surface area contributed by atoms with Crippen molar-refractivity contribution in [1.29, 1.82) is 0 Å². The van der Waals surface area contributed by atoms with Gasteiger partial charge in [0.1, 0.15) is 5.38 Å². The summed E-state index contributed by atoms with van der Waals surface area (Å²) in [4.78, 5) is 12.6. The minimum Gasteiger partial charge on any atom is -0.292 e. The van der Waals surface area contributed by atoms with E-state index >= 15 is 0 Å². The van der Waals surface area contributed by atoms with Gasteiger partial charge >= 0.3 is 0 Å². The van der Waals surface area contributed by atoms with Crippen LogP contribution in [0.1, 0.15) is 32.4 Å². The van der Waals surface area contributed by atoms with Gasteiger partial charge in [-0.3, -0.25) is 4.79 Å². The fraction of sp³-hybridized carbons (Fsp3) is 0.188. The van der Waals surface area contributed by atoms with Crippen molar-refractivity contribution in [3.8, 4) is 0 Å². The van der Waals surface area contributed by atoms with Gasteiger partial charge in [0.15, 0.2) is 5.78 Å². The summed E-state index contributed by atoms with van der Waals surface area (Å²) in [6.45, 7) is 3.86. The summed E-state index contributed by atoms with van der Waals surface area (Å²) in [5, 5.41) is -0.639. The van der Waals surface area contributed by atoms with Crippen molar-refractivity contribution in [3.05, 3.63) is 69.2 Å². The second kappa shape index (κ2) is 5.89. The lowest BCUT2D eigenvalue weighted by Gasteiger charge is -2.14. The average Bonchev–Trinajstić information content (AvgIpc) is 2.37. The van der Waals surface area contributed by atoms with Crippen molar-refractivity contribution < 1.29 is 4.79 Å². The van der Waals surface area contributed by atoms with Crippen LogP contribution in [-0.2, 0) is 0 Å². The molecule has 0 N–H and O–H groups in total. The van der Waals surface area contributed by atoms with Crippen molar-refractivity contribution >= 4 is 33.3 Å². The van der Waals surface area contributed by atoms with Crippen LogP contribution in [0.3, 0.4) is 0 Å². The lowest BCUT2D eigenvalue weighted by Crippen LogP contribution is -2.11. The number of ketones is 1. The highest BCUT2D eigenvalue weighted by atomic mass is 79.9. The normalized spacial score (nSPS) is 12.2. The van der Waals surface area contributed by atoms with Crippen LogP contribution < -0.4 is 0 Å². The van der Waals surface area contributed by atoms with Crippen LogP contribution in [0, 0.1) is 13.8 Å². The molecular weight excluding hydrogens is 324 g/mol. The van der Waals surface area contributed by atoms with Crippen LogP contribution in [-0.4, -0.2) is 5.78 Å². The van der Waals surface area contributed by atoms with Crippen molar-refractivity contribution in [2.75, 3.05) is 0 Å². The maximum absolute atomic E-state index is 12.6. The smallest absolute Gasteiger partial charge is 0.185 e. The zero-order chi connectivity index (χ0) is 14.0. The SMILES string of the molecule is Cc1cc(Br)cc(C)c1C(=O)C(Cl)c1ccccc1. The van der Waals surface area contributed by atoms with Crippen LogP contribution in [0.5, 0.6) is 0 Å². The minimum atomic E-state index is -0.639. The molecule has 0 amide bonds. The Kier molecular flexibility index (Phi) is 4.43. The summed E-state index contributed by atoms with van der Waals surface area (Å²) >= 11 is 9.75. The molecule has 0 saturated carbocycles. The van der Waals surface area contributed by atoms with Gasteiger partial charge in [0.05, 0.1) is 0 Å². The summed E-state index contributed by atoms with van der Waals surface area (Å²) in [6, 6.07) is 13.3. The average molecular weight is 338 g/mol. The maximum Gasteiger partial charge on any atom is 0.185 e. The highest BCUT2D eigenvalue weighted by Crippen LogP contribution is 2.29. The van der Waals surface area contributed by atoms with Crippen molar-refractivity contribution in [2.24, 2.45) is 0 Å². The first-order valence-corrected chi connectivity index (χ1v) is 7.23.